The molecule has 0 aliphatic heterocycles. The Labute approximate surface area is 126 Å². The fraction of sp³-hybridized carbons (Fsp3) is 0.333. The van der Waals surface area contributed by atoms with E-state index in [1.54, 1.807) is 0 Å². The van der Waals surface area contributed by atoms with E-state index in [1.807, 2.05) is 11.8 Å². The zero-order valence-electron chi connectivity index (χ0n) is 12.5. The normalized spacial score (nSPS) is 11.6. The Morgan fingerprint density at radius 1 is 0.950 bits per heavy atom. The molecule has 1 nitrogen and oxygen atoms in total. The second kappa shape index (κ2) is 6.47. The lowest BCUT2D eigenvalue weighted by molar-refractivity contribution is 0.590. The summed E-state index contributed by atoms with van der Waals surface area (Å²) in [7, 11) is 0. The zero-order chi connectivity index (χ0) is 14.6. The van der Waals surface area contributed by atoms with Gasteiger partial charge in [-0.1, -0.05) is 57.2 Å². The first-order valence-electron chi connectivity index (χ1n) is 7.00. The molecule has 0 bridgehead atoms. The Hall–Kier alpha value is -1.25. The lowest BCUT2D eigenvalue weighted by Crippen LogP contribution is -2.10. The van der Waals surface area contributed by atoms with Crippen LogP contribution in [0.3, 0.4) is 0 Å². The van der Waals surface area contributed by atoms with Gasteiger partial charge in [0.2, 0.25) is 0 Å². The number of hydrogen-bond acceptors (Lipinski definition) is 2. The van der Waals surface area contributed by atoms with Crippen molar-refractivity contribution in [3.63, 3.8) is 0 Å². The SMILES string of the molecule is CC(C)(C)c1ccc(CSc2cccc(CN)c2)cc1. The molecule has 0 aliphatic rings. The maximum atomic E-state index is 5.67. The third-order valence-electron chi connectivity index (χ3n) is 3.36. The van der Waals surface area contributed by atoms with E-state index in [9.17, 15) is 0 Å². The van der Waals surface area contributed by atoms with Crippen LogP contribution in [-0.4, -0.2) is 0 Å². The molecule has 0 spiro atoms. The average molecular weight is 285 g/mol. The van der Waals surface area contributed by atoms with Gasteiger partial charge in [-0.15, -0.1) is 11.8 Å². The highest BCUT2D eigenvalue weighted by atomic mass is 32.2. The topological polar surface area (TPSA) is 26.0 Å². The number of hydrogen-bond donors (Lipinski definition) is 1. The summed E-state index contributed by atoms with van der Waals surface area (Å²) in [5.74, 6) is 0.998. The van der Waals surface area contributed by atoms with Crippen LogP contribution < -0.4 is 5.73 Å². The molecule has 2 aromatic rings. The van der Waals surface area contributed by atoms with Gasteiger partial charge in [0, 0.05) is 17.2 Å². The molecular weight excluding hydrogens is 262 g/mol. The van der Waals surface area contributed by atoms with Crippen LogP contribution in [0.1, 0.15) is 37.5 Å². The number of thioether (sulfide) groups is 1. The molecule has 2 heteroatoms. The van der Waals surface area contributed by atoms with E-state index in [0.717, 1.165) is 5.75 Å². The molecule has 0 heterocycles. The summed E-state index contributed by atoms with van der Waals surface area (Å²) < 4.78 is 0. The Bertz CT molecular complexity index is 552. The van der Waals surface area contributed by atoms with Crippen molar-refractivity contribution in [2.45, 2.75) is 43.4 Å². The molecule has 106 valence electrons. The van der Waals surface area contributed by atoms with Crippen LogP contribution in [0.15, 0.2) is 53.4 Å². The highest BCUT2D eigenvalue weighted by Crippen LogP contribution is 2.26. The first kappa shape index (κ1) is 15.1. The minimum atomic E-state index is 0.223. The van der Waals surface area contributed by atoms with Gasteiger partial charge in [-0.3, -0.25) is 0 Å². The molecule has 2 aromatic carbocycles. The van der Waals surface area contributed by atoms with E-state index >= 15 is 0 Å². The van der Waals surface area contributed by atoms with Gasteiger partial charge in [0.25, 0.3) is 0 Å². The molecule has 20 heavy (non-hydrogen) atoms. The average Bonchev–Trinajstić information content (AvgIpc) is 2.45. The maximum absolute atomic E-state index is 5.67. The largest absolute Gasteiger partial charge is 0.326 e. The first-order valence-corrected chi connectivity index (χ1v) is 7.99. The molecule has 2 rings (SSSR count). The number of benzene rings is 2. The molecule has 0 unspecified atom stereocenters. The van der Waals surface area contributed by atoms with Crippen molar-refractivity contribution in [1.29, 1.82) is 0 Å². The lowest BCUT2D eigenvalue weighted by atomic mass is 9.87. The van der Waals surface area contributed by atoms with Gasteiger partial charge >= 0.3 is 0 Å². The van der Waals surface area contributed by atoms with Crippen molar-refractivity contribution >= 4 is 11.8 Å². The van der Waals surface area contributed by atoms with Gasteiger partial charge in [-0.2, -0.15) is 0 Å². The summed E-state index contributed by atoms with van der Waals surface area (Å²) >= 11 is 1.86. The van der Waals surface area contributed by atoms with E-state index in [0.29, 0.717) is 6.54 Å². The van der Waals surface area contributed by atoms with Gasteiger partial charge < -0.3 is 5.73 Å². The summed E-state index contributed by atoms with van der Waals surface area (Å²) in [6, 6.07) is 17.4. The van der Waals surface area contributed by atoms with Crippen molar-refractivity contribution in [1.82, 2.24) is 0 Å². The van der Waals surface area contributed by atoms with Crippen molar-refractivity contribution in [3.05, 3.63) is 65.2 Å². The van der Waals surface area contributed by atoms with Gasteiger partial charge in [-0.25, -0.2) is 0 Å². The van der Waals surface area contributed by atoms with E-state index in [2.05, 4.69) is 69.3 Å². The standard InChI is InChI=1S/C18H23NS/c1-18(2,3)16-9-7-14(8-10-16)13-20-17-6-4-5-15(11-17)12-19/h4-11H,12-13,19H2,1-3H3. The second-order valence-corrected chi connectivity index (χ2v) is 7.14. The molecule has 0 aliphatic carbocycles. The maximum Gasteiger partial charge on any atom is 0.0231 e. The third-order valence-corrected chi connectivity index (χ3v) is 4.42. The summed E-state index contributed by atoms with van der Waals surface area (Å²) in [6.07, 6.45) is 0. The van der Waals surface area contributed by atoms with Gasteiger partial charge in [0.05, 0.1) is 0 Å². The van der Waals surface area contributed by atoms with Crippen LogP contribution in [0.2, 0.25) is 0 Å². The predicted octanol–water partition coefficient (Wildman–Crippen LogP) is 4.74. The summed E-state index contributed by atoms with van der Waals surface area (Å²) in [4.78, 5) is 1.29. The van der Waals surface area contributed by atoms with Crippen LogP contribution in [0.4, 0.5) is 0 Å². The minimum Gasteiger partial charge on any atom is -0.326 e. The smallest absolute Gasteiger partial charge is 0.0231 e. The monoisotopic (exact) mass is 285 g/mol. The lowest BCUT2D eigenvalue weighted by Gasteiger charge is -2.19. The molecule has 0 aromatic heterocycles. The predicted molar refractivity (Wildman–Crippen MR) is 89.0 cm³/mol. The molecule has 2 N–H and O–H groups in total. The van der Waals surface area contributed by atoms with E-state index < -0.39 is 0 Å². The zero-order valence-corrected chi connectivity index (χ0v) is 13.3. The van der Waals surface area contributed by atoms with Crippen LogP contribution >= 0.6 is 11.8 Å². The molecule has 0 saturated carbocycles. The highest BCUT2D eigenvalue weighted by Gasteiger charge is 2.12. The Kier molecular flexibility index (Phi) is 4.90. The first-order chi connectivity index (χ1) is 9.49. The van der Waals surface area contributed by atoms with Crippen LogP contribution in [-0.2, 0) is 17.7 Å². The number of rotatable bonds is 4. The minimum absolute atomic E-state index is 0.223. The summed E-state index contributed by atoms with van der Waals surface area (Å²) in [6.45, 7) is 7.34. The van der Waals surface area contributed by atoms with E-state index in [-0.39, 0.29) is 5.41 Å². The molecule has 0 fully saturated rings. The Morgan fingerprint density at radius 3 is 2.25 bits per heavy atom. The van der Waals surface area contributed by atoms with Crippen molar-refractivity contribution in [3.8, 4) is 0 Å². The molecule has 0 amide bonds. The van der Waals surface area contributed by atoms with Crippen molar-refractivity contribution in [2.75, 3.05) is 0 Å². The second-order valence-electron chi connectivity index (χ2n) is 6.09. The van der Waals surface area contributed by atoms with Gasteiger partial charge in [0.1, 0.15) is 0 Å². The molecule has 0 saturated heterocycles. The van der Waals surface area contributed by atoms with Crippen molar-refractivity contribution in [2.24, 2.45) is 5.73 Å². The highest BCUT2D eigenvalue weighted by molar-refractivity contribution is 7.98. The number of nitrogens with two attached hydrogens (primary N) is 1. The molecule has 0 radical (unpaired) electrons. The van der Waals surface area contributed by atoms with Crippen LogP contribution in [0, 0.1) is 0 Å². The van der Waals surface area contributed by atoms with Crippen LogP contribution in [0.25, 0.3) is 0 Å². The quantitative estimate of drug-likeness (QED) is 0.821. The summed E-state index contributed by atoms with van der Waals surface area (Å²) in [5, 5.41) is 0. The van der Waals surface area contributed by atoms with E-state index in [4.69, 9.17) is 5.73 Å². The summed E-state index contributed by atoms with van der Waals surface area (Å²) in [5.41, 5.74) is 9.84. The van der Waals surface area contributed by atoms with Crippen LogP contribution in [0.5, 0.6) is 0 Å². The van der Waals surface area contributed by atoms with Gasteiger partial charge in [-0.05, 0) is 34.2 Å². The van der Waals surface area contributed by atoms with Gasteiger partial charge in [0.15, 0.2) is 0 Å². The Morgan fingerprint density at radius 2 is 1.65 bits per heavy atom. The van der Waals surface area contributed by atoms with Crippen molar-refractivity contribution < 1.29 is 0 Å². The fourth-order valence-electron chi connectivity index (χ4n) is 2.03. The third kappa shape index (κ3) is 4.12. The fourth-order valence-corrected chi connectivity index (χ4v) is 2.97. The molecular formula is C18H23NS. The van der Waals surface area contributed by atoms with E-state index in [1.165, 1.54) is 21.6 Å². The Balaban J connectivity index is 2.00. The molecule has 0 atom stereocenters.